The smallest absolute Gasteiger partial charge is 0.243 e. The van der Waals surface area contributed by atoms with Gasteiger partial charge in [-0.25, -0.2) is 8.42 Å². The number of sulfonamides is 1. The topological polar surface area (TPSA) is 127 Å². The number of ether oxygens (including phenoxy) is 2. The molecule has 0 fully saturated rings. The highest BCUT2D eigenvalue weighted by Gasteiger charge is 2.31. The predicted octanol–water partition coefficient (Wildman–Crippen LogP) is 1.13. The maximum Gasteiger partial charge on any atom is 0.243 e. The number of aromatic nitrogens is 3. The van der Waals surface area contributed by atoms with Crippen molar-refractivity contribution < 1.29 is 27.8 Å². The number of benzene rings is 1. The van der Waals surface area contributed by atoms with E-state index in [-0.39, 0.29) is 42.5 Å². The Hall–Kier alpha value is -2.54. The molecule has 1 amide bonds. The Morgan fingerprint density at radius 2 is 2.14 bits per heavy atom. The van der Waals surface area contributed by atoms with Crippen LogP contribution in [0.5, 0.6) is 5.75 Å². The molecule has 0 spiro atoms. The first kappa shape index (κ1) is 27.1. The number of hydrogen-bond acceptors (Lipinski definition) is 8. The van der Waals surface area contributed by atoms with Crippen LogP contribution in [0.4, 0.5) is 0 Å². The van der Waals surface area contributed by atoms with Gasteiger partial charge in [0.2, 0.25) is 15.9 Å². The molecular formula is C23H35N5O6S. The van der Waals surface area contributed by atoms with Crippen molar-refractivity contribution in [3.8, 4) is 5.75 Å². The van der Waals surface area contributed by atoms with Gasteiger partial charge < -0.3 is 19.5 Å². The summed E-state index contributed by atoms with van der Waals surface area (Å²) in [7, 11) is -0.836. The van der Waals surface area contributed by atoms with E-state index in [9.17, 15) is 18.3 Å². The first-order valence-electron chi connectivity index (χ1n) is 11.7. The Balaban J connectivity index is 1.86. The molecule has 0 saturated carbocycles. The van der Waals surface area contributed by atoms with Gasteiger partial charge in [0, 0.05) is 45.1 Å². The lowest BCUT2D eigenvalue weighted by molar-refractivity contribution is -0.136. The normalized spacial score (nSPS) is 21.2. The molecule has 35 heavy (non-hydrogen) atoms. The lowest BCUT2D eigenvalue weighted by Gasteiger charge is -2.35. The number of nitrogens with zero attached hydrogens (tertiary/aromatic N) is 5. The minimum Gasteiger partial charge on any atom is -0.497 e. The van der Waals surface area contributed by atoms with Crippen LogP contribution in [-0.4, -0.2) is 89.6 Å². The zero-order chi connectivity index (χ0) is 25.6. The van der Waals surface area contributed by atoms with E-state index >= 15 is 0 Å². The number of likely N-dealkylation sites (N-methyl/N-ethyl adjacent to an activating group) is 1. The minimum atomic E-state index is -3.82. The quantitative estimate of drug-likeness (QED) is 0.589. The van der Waals surface area contributed by atoms with Crippen molar-refractivity contribution >= 4 is 15.9 Å². The summed E-state index contributed by atoms with van der Waals surface area (Å²) in [6, 6.07) is 5.93. The van der Waals surface area contributed by atoms with Crippen molar-refractivity contribution in [3.05, 3.63) is 36.2 Å². The second-order valence-corrected chi connectivity index (χ2v) is 11.0. The molecule has 2 bridgehead atoms. The van der Waals surface area contributed by atoms with Crippen molar-refractivity contribution in [2.24, 2.45) is 5.92 Å². The van der Waals surface area contributed by atoms with Crippen LogP contribution in [0, 0.1) is 5.92 Å². The number of fused-ring (bicyclic) bond motifs is 2. The lowest BCUT2D eigenvalue weighted by atomic mass is 10.0. The fourth-order valence-corrected chi connectivity index (χ4v) is 5.20. The maximum absolute atomic E-state index is 13.3. The van der Waals surface area contributed by atoms with E-state index in [0.29, 0.717) is 37.4 Å². The molecule has 3 rings (SSSR count). The average Bonchev–Trinajstić information content (AvgIpc) is 3.31. The second kappa shape index (κ2) is 11.9. The molecule has 12 heteroatoms. The number of rotatable bonds is 7. The summed E-state index contributed by atoms with van der Waals surface area (Å²) in [5.74, 6) is 0.141. The van der Waals surface area contributed by atoms with E-state index in [1.807, 2.05) is 6.92 Å². The first-order chi connectivity index (χ1) is 16.6. The van der Waals surface area contributed by atoms with Crippen molar-refractivity contribution in [2.45, 2.75) is 56.9 Å². The van der Waals surface area contributed by atoms with Crippen molar-refractivity contribution in [1.82, 2.24) is 24.2 Å². The zero-order valence-corrected chi connectivity index (χ0v) is 21.5. The molecule has 0 unspecified atom stereocenters. The summed E-state index contributed by atoms with van der Waals surface area (Å²) in [4.78, 5) is 14.7. The molecular weight excluding hydrogens is 474 g/mol. The van der Waals surface area contributed by atoms with Crippen molar-refractivity contribution in [3.63, 3.8) is 0 Å². The van der Waals surface area contributed by atoms with E-state index < -0.39 is 16.1 Å². The number of aryl methyl sites for hydroxylation is 1. The van der Waals surface area contributed by atoms with Gasteiger partial charge in [0.1, 0.15) is 11.4 Å². The third kappa shape index (κ3) is 6.78. The van der Waals surface area contributed by atoms with Crippen molar-refractivity contribution in [1.29, 1.82) is 0 Å². The van der Waals surface area contributed by atoms with Gasteiger partial charge in [-0.3, -0.25) is 9.48 Å². The molecule has 11 nitrogen and oxygen atoms in total. The zero-order valence-electron chi connectivity index (χ0n) is 20.7. The Bertz CT molecular complexity index is 1090. The molecule has 1 aromatic heterocycles. The van der Waals surface area contributed by atoms with E-state index in [4.69, 9.17) is 9.47 Å². The fraction of sp³-hybridized carbons (Fsp3) is 0.609. The van der Waals surface area contributed by atoms with E-state index in [1.54, 1.807) is 34.8 Å². The molecule has 1 aromatic carbocycles. The Morgan fingerprint density at radius 3 is 2.86 bits per heavy atom. The fourth-order valence-electron chi connectivity index (χ4n) is 3.99. The Labute approximate surface area is 206 Å². The summed E-state index contributed by atoms with van der Waals surface area (Å²) in [6.45, 7) is 4.62. The number of carbonyl (C=O) groups is 1. The maximum atomic E-state index is 13.3. The summed E-state index contributed by atoms with van der Waals surface area (Å²) < 4.78 is 40.8. The van der Waals surface area contributed by atoms with Gasteiger partial charge in [-0.05, 0) is 25.5 Å². The van der Waals surface area contributed by atoms with Gasteiger partial charge in [-0.1, -0.05) is 18.2 Å². The summed E-state index contributed by atoms with van der Waals surface area (Å²) in [6.07, 6.45) is 2.13. The van der Waals surface area contributed by atoms with Crippen LogP contribution in [0.15, 0.2) is 35.4 Å². The molecule has 2 heterocycles. The Kier molecular flexibility index (Phi) is 9.22. The van der Waals surface area contributed by atoms with Crippen LogP contribution in [0.1, 0.15) is 32.4 Å². The van der Waals surface area contributed by atoms with Crippen LogP contribution in [0.2, 0.25) is 0 Å². The number of aliphatic hydroxyl groups is 1. The summed E-state index contributed by atoms with van der Waals surface area (Å²) in [5, 5.41) is 17.9. The van der Waals surface area contributed by atoms with Crippen LogP contribution < -0.4 is 4.74 Å². The molecule has 2 aromatic rings. The van der Waals surface area contributed by atoms with Crippen LogP contribution in [0.25, 0.3) is 0 Å². The number of hydrogen-bond donors (Lipinski definition) is 1. The van der Waals surface area contributed by atoms with Gasteiger partial charge >= 0.3 is 0 Å². The summed E-state index contributed by atoms with van der Waals surface area (Å²) >= 11 is 0. The van der Waals surface area contributed by atoms with Gasteiger partial charge in [0.25, 0.3) is 0 Å². The average molecular weight is 510 g/mol. The summed E-state index contributed by atoms with van der Waals surface area (Å²) in [5.41, 5.74) is 0.631. The standard InChI is InChI=1S/C23H35N5O6S/c1-17-12-28(18(2)15-29)23(30)9-6-10-27-13-19(24-25-27)16-34-22(17)14-26(3)35(31,32)21-8-5-7-20(11-21)33-4/h5,7-8,11,13,17-18,22,29H,6,9-10,12,14-16H2,1-4H3/t17-,18-,22+/m1/s1. The van der Waals surface area contributed by atoms with Crippen LogP contribution in [-0.2, 0) is 32.7 Å². The van der Waals surface area contributed by atoms with Gasteiger partial charge in [-0.15, -0.1) is 5.10 Å². The Morgan fingerprint density at radius 1 is 1.37 bits per heavy atom. The van der Waals surface area contributed by atoms with Crippen LogP contribution in [0.3, 0.4) is 0 Å². The third-order valence-electron chi connectivity index (χ3n) is 6.23. The molecule has 1 N–H and O–H groups in total. The molecule has 0 radical (unpaired) electrons. The molecule has 0 saturated heterocycles. The number of methoxy groups -OCH3 is 1. The predicted molar refractivity (Wildman–Crippen MR) is 128 cm³/mol. The molecule has 0 aliphatic carbocycles. The monoisotopic (exact) mass is 509 g/mol. The second-order valence-electron chi connectivity index (χ2n) is 8.95. The van der Waals surface area contributed by atoms with Gasteiger partial charge in [-0.2, -0.15) is 4.31 Å². The minimum absolute atomic E-state index is 0.0599. The van der Waals surface area contributed by atoms with Crippen LogP contribution >= 0.6 is 0 Å². The molecule has 3 atom stereocenters. The first-order valence-corrected chi connectivity index (χ1v) is 13.1. The number of carbonyl (C=O) groups excluding carboxylic acids is 1. The highest BCUT2D eigenvalue weighted by Crippen LogP contribution is 2.23. The number of amides is 1. The van der Waals surface area contributed by atoms with E-state index in [1.165, 1.54) is 30.6 Å². The lowest BCUT2D eigenvalue weighted by Crippen LogP contribution is -2.47. The molecule has 1 aliphatic heterocycles. The highest BCUT2D eigenvalue weighted by molar-refractivity contribution is 7.89. The highest BCUT2D eigenvalue weighted by atomic mass is 32.2. The molecule has 194 valence electrons. The van der Waals surface area contributed by atoms with Gasteiger partial charge in [0.05, 0.1) is 43.6 Å². The largest absolute Gasteiger partial charge is 0.497 e. The van der Waals surface area contributed by atoms with E-state index in [2.05, 4.69) is 10.3 Å². The van der Waals surface area contributed by atoms with E-state index in [0.717, 1.165) is 0 Å². The van der Waals surface area contributed by atoms with Gasteiger partial charge in [0.15, 0.2) is 0 Å². The SMILES string of the molecule is COc1cccc(S(=O)(=O)N(C)C[C@@H]2OCc3cn(nn3)CCCC(=O)N([C@H](C)CO)C[C@H]2C)c1. The third-order valence-corrected chi connectivity index (χ3v) is 8.05. The number of aliphatic hydroxyl groups excluding tert-OH is 1. The molecule has 1 aliphatic rings. The van der Waals surface area contributed by atoms with Crippen molar-refractivity contribution in [2.75, 3.05) is 33.9 Å².